The average Bonchev–Trinajstić information content (AvgIpc) is 2.31. The first kappa shape index (κ1) is 12.6. The fourth-order valence-electron chi connectivity index (χ4n) is 1.39. The van der Waals surface area contributed by atoms with Crippen LogP contribution in [0.3, 0.4) is 0 Å². The highest BCUT2D eigenvalue weighted by molar-refractivity contribution is 7.99. The number of carboxylic acid groups (broad SMARTS) is 1. The van der Waals surface area contributed by atoms with E-state index in [1.165, 1.54) is 12.1 Å². The molecule has 1 heterocycles. The molecule has 0 amide bonds. The van der Waals surface area contributed by atoms with Crippen LogP contribution in [0.4, 0.5) is 4.39 Å². The molecular weight excluding hydrogens is 253 g/mol. The zero-order valence-corrected chi connectivity index (χ0v) is 10.4. The van der Waals surface area contributed by atoms with Crippen LogP contribution in [0.2, 0.25) is 0 Å². The lowest BCUT2D eigenvalue weighted by Gasteiger charge is -2.04. The van der Waals surface area contributed by atoms with E-state index in [2.05, 4.69) is 4.98 Å². The Labute approximate surface area is 108 Å². The molecule has 0 aliphatic rings. The van der Waals surface area contributed by atoms with Crippen LogP contribution in [-0.2, 0) is 0 Å². The molecule has 2 aromatic rings. The third-order valence-electron chi connectivity index (χ3n) is 2.28. The maximum absolute atomic E-state index is 13.6. The van der Waals surface area contributed by atoms with Gasteiger partial charge in [0.05, 0.1) is 10.5 Å². The third kappa shape index (κ3) is 2.87. The van der Waals surface area contributed by atoms with Crippen LogP contribution in [0, 0.1) is 12.7 Å². The minimum Gasteiger partial charge on any atom is -0.478 e. The molecule has 0 unspecified atom stereocenters. The maximum Gasteiger partial charge on any atom is 0.335 e. The molecule has 18 heavy (non-hydrogen) atoms. The average molecular weight is 263 g/mol. The molecule has 3 nitrogen and oxygen atoms in total. The van der Waals surface area contributed by atoms with Crippen molar-refractivity contribution in [3.05, 3.63) is 53.5 Å². The second-order valence-electron chi connectivity index (χ2n) is 3.72. The van der Waals surface area contributed by atoms with E-state index >= 15 is 0 Å². The summed E-state index contributed by atoms with van der Waals surface area (Å²) in [6.07, 6.45) is 1.64. The van der Waals surface area contributed by atoms with Gasteiger partial charge in [0.15, 0.2) is 0 Å². The van der Waals surface area contributed by atoms with Crippen LogP contribution >= 0.6 is 11.8 Å². The number of nitrogens with zero attached hydrogens (tertiary/aromatic N) is 1. The molecule has 0 radical (unpaired) electrons. The summed E-state index contributed by atoms with van der Waals surface area (Å²) >= 11 is 1.11. The summed E-state index contributed by atoms with van der Waals surface area (Å²) in [6, 6.07) is 7.37. The Balaban J connectivity index is 2.33. The van der Waals surface area contributed by atoms with Crippen molar-refractivity contribution in [2.24, 2.45) is 0 Å². The van der Waals surface area contributed by atoms with E-state index in [0.717, 1.165) is 23.4 Å². The van der Waals surface area contributed by atoms with Crippen molar-refractivity contribution in [1.82, 2.24) is 4.98 Å². The first-order valence-electron chi connectivity index (χ1n) is 5.19. The standard InChI is InChI=1S/C13H10FNO2S/c1-8-4-5-15-12(6-8)18-11-7-9(13(16)17)2-3-10(11)14/h2-7H,1H3,(H,16,17). The summed E-state index contributed by atoms with van der Waals surface area (Å²) in [5, 5.41) is 9.50. The molecule has 92 valence electrons. The highest BCUT2D eigenvalue weighted by Crippen LogP contribution is 2.29. The number of hydrogen-bond donors (Lipinski definition) is 1. The number of benzene rings is 1. The van der Waals surface area contributed by atoms with Gasteiger partial charge in [0, 0.05) is 6.20 Å². The largest absolute Gasteiger partial charge is 0.478 e. The first-order chi connectivity index (χ1) is 8.56. The molecule has 0 aliphatic heterocycles. The van der Waals surface area contributed by atoms with Gasteiger partial charge in [-0.3, -0.25) is 0 Å². The Morgan fingerprint density at radius 1 is 1.33 bits per heavy atom. The highest BCUT2D eigenvalue weighted by Gasteiger charge is 2.10. The molecule has 1 aromatic heterocycles. The Morgan fingerprint density at radius 2 is 2.11 bits per heavy atom. The lowest BCUT2D eigenvalue weighted by atomic mass is 10.2. The molecule has 0 saturated heterocycles. The van der Waals surface area contributed by atoms with Gasteiger partial charge in [0.1, 0.15) is 10.8 Å². The molecule has 1 aromatic carbocycles. The second kappa shape index (κ2) is 5.18. The van der Waals surface area contributed by atoms with Crippen molar-refractivity contribution in [2.75, 3.05) is 0 Å². The first-order valence-corrected chi connectivity index (χ1v) is 6.01. The van der Waals surface area contributed by atoms with Crippen LogP contribution in [0.15, 0.2) is 46.5 Å². The molecule has 0 saturated carbocycles. The van der Waals surface area contributed by atoms with Gasteiger partial charge in [0.2, 0.25) is 0 Å². The SMILES string of the molecule is Cc1ccnc(Sc2cc(C(=O)O)ccc2F)c1. The number of carbonyl (C=O) groups is 1. The van der Waals surface area contributed by atoms with Crippen LogP contribution in [0.5, 0.6) is 0 Å². The summed E-state index contributed by atoms with van der Waals surface area (Å²) in [4.78, 5) is 15.2. The van der Waals surface area contributed by atoms with Gasteiger partial charge in [-0.25, -0.2) is 14.2 Å². The molecule has 0 bridgehead atoms. The van der Waals surface area contributed by atoms with Gasteiger partial charge in [-0.1, -0.05) is 11.8 Å². The highest BCUT2D eigenvalue weighted by atomic mass is 32.2. The summed E-state index contributed by atoms with van der Waals surface area (Å²) in [6.45, 7) is 1.91. The minimum atomic E-state index is -1.07. The molecule has 0 spiro atoms. The number of pyridine rings is 1. The van der Waals surface area contributed by atoms with Gasteiger partial charge in [-0.2, -0.15) is 0 Å². The summed E-state index contributed by atoms with van der Waals surface area (Å²) < 4.78 is 13.6. The number of aryl methyl sites for hydroxylation is 1. The molecule has 2 rings (SSSR count). The fraction of sp³-hybridized carbons (Fsp3) is 0.0769. The van der Waals surface area contributed by atoms with Crippen molar-refractivity contribution in [3.8, 4) is 0 Å². The Morgan fingerprint density at radius 3 is 2.78 bits per heavy atom. The molecule has 5 heteroatoms. The lowest BCUT2D eigenvalue weighted by molar-refractivity contribution is 0.0696. The number of aromatic carboxylic acids is 1. The van der Waals surface area contributed by atoms with E-state index in [4.69, 9.17) is 5.11 Å². The quantitative estimate of drug-likeness (QED) is 0.922. The van der Waals surface area contributed by atoms with Crippen molar-refractivity contribution in [3.63, 3.8) is 0 Å². The van der Waals surface area contributed by atoms with E-state index in [9.17, 15) is 9.18 Å². The van der Waals surface area contributed by atoms with E-state index in [-0.39, 0.29) is 10.5 Å². The Hall–Kier alpha value is -1.88. The maximum atomic E-state index is 13.6. The van der Waals surface area contributed by atoms with Crippen LogP contribution < -0.4 is 0 Å². The zero-order chi connectivity index (χ0) is 13.1. The molecular formula is C13H10FNO2S. The topological polar surface area (TPSA) is 50.2 Å². The molecule has 0 fully saturated rings. The molecule has 1 N–H and O–H groups in total. The van der Waals surface area contributed by atoms with E-state index in [1.54, 1.807) is 6.20 Å². The number of hydrogen-bond acceptors (Lipinski definition) is 3. The van der Waals surface area contributed by atoms with E-state index in [1.807, 2.05) is 19.1 Å². The van der Waals surface area contributed by atoms with Crippen molar-refractivity contribution in [1.29, 1.82) is 0 Å². The molecule has 0 atom stereocenters. The third-order valence-corrected chi connectivity index (χ3v) is 3.25. The number of aromatic nitrogens is 1. The van der Waals surface area contributed by atoms with E-state index < -0.39 is 11.8 Å². The number of carboxylic acids is 1. The fourth-order valence-corrected chi connectivity index (χ4v) is 2.33. The monoisotopic (exact) mass is 263 g/mol. The predicted octanol–water partition coefficient (Wildman–Crippen LogP) is 3.38. The number of rotatable bonds is 3. The van der Waals surface area contributed by atoms with Crippen LogP contribution in [-0.4, -0.2) is 16.1 Å². The smallest absolute Gasteiger partial charge is 0.335 e. The van der Waals surface area contributed by atoms with Gasteiger partial charge >= 0.3 is 5.97 Å². The number of halogens is 1. The van der Waals surface area contributed by atoms with Gasteiger partial charge in [-0.15, -0.1) is 0 Å². The van der Waals surface area contributed by atoms with Crippen molar-refractivity contribution < 1.29 is 14.3 Å². The molecule has 0 aliphatic carbocycles. The summed E-state index contributed by atoms with van der Waals surface area (Å²) in [5.74, 6) is -1.53. The van der Waals surface area contributed by atoms with Crippen molar-refractivity contribution in [2.45, 2.75) is 16.8 Å². The van der Waals surface area contributed by atoms with Gasteiger partial charge < -0.3 is 5.11 Å². The predicted molar refractivity (Wildman–Crippen MR) is 66.5 cm³/mol. The summed E-state index contributed by atoms with van der Waals surface area (Å²) in [7, 11) is 0. The minimum absolute atomic E-state index is 0.0616. The Bertz CT molecular complexity index is 601. The van der Waals surface area contributed by atoms with Gasteiger partial charge in [0.25, 0.3) is 0 Å². The van der Waals surface area contributed by atoms with Gasteiger partial charge in [-0.05, 0) is 42.8 Å². The van der Waals surface area contributed by atoms with Crippen molar-refractivity contribution >= 4 is 17.7 Å². The lowest BCUT2D eigenvalue weighted by Crippen LogP contribution is -1.97. The Kier molecular flexibility index (Phi) is 3.62. The zero-order valence-electron chi connectivity index (χ0n) is 9.55. The second-order valence-corrected chi connectivity index (χ2v) is 4.79. The summed E-state index contributed by atoms with van der Waals surface area (Å²) in [5.41, 5.74) is 1.08. The van der Waals surface area contributed by atoms with E-state index in [0.29, 0.717) is 5.03 Å². The van der Waals surface area contributed by atoms with Crippen LogP contribution in [0.25, 0.3) is 0 Å². The van der Waals surface area contributed by atoms with Crippen LogP contribution in [0.1, 0.15) is 15.9 Å². The normalized spacial score (nSPS) is 10.3.